The van der Waals surface area contributed by atoms with E-state index in [0.29, 0.717) is 5.56 Å². The van der Waals surface area contributed by atoms with Crippen molar-refractivity contribution in [2.24, 2.45) is 0 Å². The van der Waals surface area contributed by atoms with Crippen LogP contribution in [0.15, 0.2) is 18.2 Å². The van der Waals surface area contributed by atoms with Crippen LogP contribution in [0.25, 0.3) is 0 Å². The highest BCUT2D eigenvalue weighted by Gasteiger charge is 2.33. The van der Waals surface area contributed by atoms with Gasteiger partial charge in [0, 0.05) is 26.7 Å². The SMILES string of the molecule is CCOc1cc(CN(C)S(=O)(=O)N2C[C@@H](C)O[C@H](C)C2)ccc1OC(F)F. The fourth-order valence-electron chi connectivity index (χ4n) is 2.97. The van der Waals surface area contributed by atoms with Gasteiger partial charge in [0.05, 0.1) is 18.8 Å². The number of morpholine rings is 1. The van der Waals surface area contributed by atoms with E-state index in [4.69, 9.17) is 9.47 Å². The number of rotatable bonds is 8. The van der Waals surface area contributed by atoms with Crippen LogP contribution in [0.4, 0.5) is 8.78 Å². The second-order valence-electron chi connectivity index (χ2n) is 6.43. The van der Waals surface area contributed by atoms with Gasteiger partial charge in [0.15, 0.2) is 11.5 Å². The summed E-state index contributed by atoms with van der Waals surface area (Å²) in [6.07, 6.45) is -0.375. The summed E-state index contributed by atoms with van der Waals surface area (Å²) < 4.78 is 68.6. The minimum atomic E-state index is -3.69. The number of hydrogen-bond donors (Lipinski definition) is 0. The number of ether oxygens (including phenoxy) is 3. The van der Waals surface area contributed by atoms with Crippen LogP contribution in [0.3, 0.4) is 0 Å². The Morgan fingerprint density at radius 1 is 1.26 bits per heavy atom. The number of halogens is 2. The molecule has 27 heavy (non-hydrogen) atoms. The Morgan fingerprint density at radius 3 is 2.44 bits per heavy atom. The molecule has 1 aliphatic rings. The maximum atomic E-state index is 12.8. The minimum absolute atomic E-state index is 0.0669. The van der Waals surface area contributed by atoms with E-state index in [1.54, 1.807) is 6.92 Å². The van der Waals surface area contributed by atoms with Gasteiger partial charge in [-0.25, -0.2) is 0 Å². The minimum Gasteiger partial charge on any atom is -0.490 e. The lowest BCUT2D eigenvalue weighted by Gasteiger charge is -2.36. The van der Waals surface area contributed by atoms with E-state index in [9.17, 15) is 17.2 Å². The number of nitrogens with zero attached hydrogens (tertiary/aromatic N) is 2. The molecule has 0 bridgehead atoms. The lowest BCUT2D eigenvalue weighted by atomic mass is 10.2. The van der Waals surface area contributed by atoms with Crippen LogP contribution in [0.5, 0.6) is 11.5 Å². The highest BCUT2D eigenvalue weighted by molar-refractivity contribution is 7.86. The standard InChI is InChI=1S/C17H26F2N2O5S/c1-5-24-16-8-14(6-7-15(16)26-17(18)19)11-20(4)27(22,23)21-9-12(2)25-13(3)10-21/h6-8,12-13,17H,5,9-11H2,1-4H3/t12-,13-/m1/s1. The van der Waals surface area contributed by atoms with Gasteiger partial charge in [-0.15, -0.1) is 0 Å². The van der Waals surface area contributed by atoms with Crippen LogP contribution in [-0.2, 0) is 21.5 Å². The highest BCUT2D eigenvalue weighted by Crippen LogP contribution is 2.30. The molecular weight excluding hydrogens is 382 g/mol. The zero-order valence-electron chi connectivity index (χ0n) is 15.9. The van der Waals surface area contributed by atoms with E-state index in [1.165, 1.54) is 33.9 Å². The van der Waals surface area contributed by atoms with Gasteiger partial charge < -0.3 is 14.2 Å². The van der Waals surface area contributed by atoms with Gasteiger partial charge in [0.25, 0.3) is 10.2 Å². The first kappa shape index (κ1) is 21.8. The Balaban J connectivity index is 2.16. The van der Waals surface area contributed by atoms with Crippen molar-refractivity contribution in [3.8, 4) is 11.5 Å². The van der Waals surface area contributed by atoms with E-state index < -0.39 is 16.8 Å². The van der Waals surface area contributed by atoms with Crippen LogP contribution in [0.2, 0.25) is 0 Å². The normalized spacial score (nSPS) is 21.6. The van der Waals surface area contributed by atoms with Crippen molar-refractivity contribution in [2.75, 3.05) is 26.7 Å². The van der Waals surface area contributed by atoms with Gasteiger partial charge in [0.1, 0.15) is 0 Å². The van der Waals surface area contributed by atoms with Crippen molar-refractivity contribution >= 4 is 10.2 Å². The fraction of sp³-hybridized carbons (Fsp3) is 0.647. The Bertz CT molecular complexity index is 722. The average molecular weight is 408 g/mol. The summed E-state index contributed by atoms with van der Waals surface area (Å²) in [5, 5.41) is 0. The number of alkyl halides is 2. The Labute approximate surface area is 159 Å². The molecule has 0 saturated carbocycles. The zero-order valence-corrected chi connectivity index (χ0v) is 16.7. The van der Waals surface area contributed by atoms with Crippen molar-refractivity contribution in [2.45, 2.75) is 46.1 Å². The van der Waals surface area contributed by atoms with Gasteiger partial charge >= 0.3 is 6.61 Å². The maximum absolute atomic E-state index is 12.8. The molecule has 1 aromatic rings. The van der Waals surface area contributed by atoms with Crippen molar-refractivity contribution in [1.82, 2.24) is 8.61 Å². The topological polar surface area (TPSA) is 68.3 Å². The van der Waals surface area contributed by atoms with E-state index in [0.717, 1.165) is 0 Å². The predicted molar refractivity (Wildman–Crippen MR) is 96.2 cm³/mol. The van der Waals surface area contributed by atoms with Gasteiger partial charge in [-0.05, 0) is 38.5 Å². The molecule has 1 fully saturated rings. The molecule has 1 aliphatic heterocycles. The molecule has 0 aromatic heterocycles. The van der Waals surface area contributed by atoms with Crippen molar-refractivity contribution < 1.29 is 31.4 Å². The molecule has 154 valence electrons. The monoisotopic (exact) mass is 408 g/mol. The van der Waals surface area contributed by atoms with Crippen molar-refractivity contribution in [3.05, 3.63) is 23.8 Å². The molecule has 0 spiro atoms. The summed E-state index contributed by atoms with van der Waals surface area (Å²) in [6, 6.07) is 4.40. The summed E-state index contributed by atoms with van der Waals surface area (Å²) >= 11 is 0. The average Bonchev–Trinajstić information content (AvgIpc) is 2.56. The lowest BCUT2D eigenvalue weighted by Crippen LogP contribution is -2.52. The predicted octanol–water partition coefficient (Wildman–Crippen LogP) is 2.47. The zero-order chi connectivity index (χ0) is 20.2. The summed E-state index contributed by atoms with van der Waals surface area (Å²) in [4.78, 5) is 0. The second-order valence-corrected chi connectivity index (χ2v) is 8.47. The first-order valence-electron chi connectivity index (χ1n) is 8.70. The third-order valence-electron chi connectivity index (χ3n) is 4.04. The third kappa shape index (κ3) is 5.74. The molecule has 1 saturated heterocycles. The van der Waals surface area contributed by atoms with Crippen LogP contribution >= 0.6 is 0 Å². The number of hydrogen-bond acceptors (Lipinski definition) is 5. The molecule has 2 atom stereocenters. The molecule has 7 nitrogen and oxygen atoms in total. The molecule has 0 aliphatic carbocycles. The van der Waals surface area contributed by atoms with Crippen molar-refractivity contribution in [1.29, 1.82) is 0 Å². The van der Waals surface area contributed by atoms with Gasteiger partial charge in [-0.1, -0.05) is 6.07 Å². The van der Waals surface area contributed by atoms with E-state index in [-0.39, 0.29) is 49.9 Å². The molecule has 2 rings (SSSR count). The van der Waals surface area contributed by atoms with E-state index >= 15 is 0 Å². The van der Waals surface area contributed by atoms with E-state index in [1.807, 2.05) is 13.8 Å². The largest absolute Gasteiger partial charge is 0.490 e. The molecule has 0 radical (unpaired) electrons. The van der Waals surface area contributed by atoms with Crippen LogP contribution < -0.4 is 9.47 Å². The quantitative estimate of drug-likeness (QED) is 0.661. The lowest BCUT2D eigenvalue weighted by molar-refractivity contribution is -0.0514. The molecule has 1 aromatic carbocycles. The smallest absolute Gasteiger partial charge is 0.387 e. The van der Waals surface area contributed by atoms with Crippen LogP contribution in [0.1, 0.15) is 26.3 Å². The Morgan fingerprint density at radius 2 is 1.89 bits per heavy atom. The second kappa shape index (κ2) is 9.13. The first-order chi connectivity index (χ1) is 12.6. The maximum Gasteiger partial charge on any atom is 0.387 e. The van der Waals surface area contributed by atoms with Gasteiger partial charge in [-0.3, -0.25) is 0 Å². The van der Waals surface area contributed by atoms with Crippen molar-refractivity contribution in [3.63, 3.8) is 0 Å². The molecule has 0 unspecified atom stereocenters. The molecule has 10 heteroatoms. The molecule has 0 N–H and O–H groups in total. The summed E-state index contributed by atoms with van der Waals surface area (Å²) in [5.41, 5.74) is 0.598. The van der Waals surface area contributed by atoms with Crippen LogP contribution in [0, 0.1) is 0 Å². The van der Waals surface area contributed by atoms with Gasteiger partial charge in [0.2, 0.25) is 0 Å². The summed E-state index contributed by atoms with van der Waals surface area (Å²) in [6.45, 7) is 3.30. The fourth-order valence-corrected chi connectivity index (χ4v) is 4.47. The first-order valence-corrected chi connectivity index (χ1v) is 10.1. The van der Waals surface area contributed by atoms with Crippen LogP contribution in [-0.4, -0.2) is 62.6 Å². The van der Waals surface area contributed by atoms with Gasteiger partial charge in [-0.2, -0.15) is 25.8 Å². The molecule has 0 amide bonds. The molecule has 1 heterocycles. The highest BCUT2D eigenvalue weighted by atomic mass is 32.2. The van der Waals surface area contributed by atoms with E-state index in [2.05, 4.69) is 4.74 Å². The summed E-state index contributed by atoms with van der Waals surface area (Å²) in [5.74, 6) is 0.0617. The summed E-state index contributed by atoms with van der Waals surface area (Å²) in [7, 11) is -2.21. The Hall–Kier alpha value is -1.49. The molecular formula is C17H26F2N2O5S. The third-order valence-corrected chi connectivity index (χ3v) is 5.90. The number of benzene rings is 1. The Kier molecular flexibility index (Phi) is 7.38.